The third-order valence-corrected chi connectivity index (χ3v) is 3.12. The zero-order valence-corrected chi connectivity index (χ0v) is 8.90. The molecule has 1 aliphatic heterocycles. The Morgan fingerprint density at radius 2 is 2.25 bits per heavy atom. The molecule has 1 N–H and O–H groups in total. The molecule has 3 rings (SSSR count). The smallest absolute Gasteiger partial charge is 0.183 e. The molecule has 1 aromatic carbocycles. The Hall–Kier alpha value is -1.61. The molecule has 1 saturated heterocycles. The van der Waals surface area contributed by atoms with Crippen molar-refractivity contribution in [3.8, 4) is 0 Å². The first-order chi connectivity index (χ1) is 7.86. The highest BCUT2D eigenvalue weighted by molar-refractivity contribution is 6.09. The molecule has 0 bridgehead atoms. The highest BCUT2D eigenvalue weighted by Gasteiger charge is 2.25. The van der Waals surface area contributed by atoms with E-state index in [1.54, 1.807) is 6.26 Å². The molecule has 1 atom stereocenters. The average Bonchev–Trinajstić information content (AvgIpc) is 2.98. The van der Waals surface area contributed by atoms with E-state index in [0.717, 1.165) is 30.4 Å². The van der Waals surface area contributed by atoms with Crippen molar-refractivity contribution in [2.45, 2.75) is 18.9 Å². The van der Waals surface area contributed by atoms with Gasteiger partial charge in [0.05, 0.1) is 11.6 Å². The third-order valence-electron chi connectivity index (χ3n) is 3.12. The zero-order chi connectivity index (χ0) is 11.0. The number of Topliss-reactive ketones (excluding diaryl/α,β-unsaturated/α-hetero) is 1. The van der Waals surface area contributed by atoms with Crippen LogP contribution in [0.3, 0.4) is 0 Å². The van der Waals surface area contributed by atoms with E-state index in [1.807, 2.05) is 24.3 Å². The fourth-order valence-corrected chi connectivity index (χ4v) is 2.26. The molecule has 2 aromatic rings. The van der Waals surface area contributed by atoms with E-state index in [4.69, 9.17) is 4.42 Å². The third kappa shape index (κ3) is 1.44. The summed E-state index contributed by atoms with van der Waals surface area (Å²) in [5.74, 6) is 0.155. The van der Waals surface area contributed by atoms with Gasteiger partial charge in [-0.1, -0.05) is 18.2 Å². The molecule has 1 unspecified atom stereocenters. The Balaban J connectivity index is 2.02. The van der Waals surface area contributed by atoms with Crippen molar-refractivity contribution in [3.63, 3.8) is 0 Å². The van der Waals surface area contributed by atoms with Crippen LogP contribution in [-0.2, 0) is 0 Å². The van der Waals surface area contributed by atoms with E-state index < -0.39 is 0 Å². The van der Waals surface area contributed by atoms with Crippen LogP contribution in [0.1, 0.15) is 23.2 Å². The van der Waals surface area contributed by atoms with E-state index in [0.29, 0.717) is 5.56 Å². The molecular formula is C13H13NO2. The lowest BCUT2D eigenvalue weighted by atomic mass is 10.0. The number of nitrogens with one attached hydrogen (secondary N) is 1. The second-order valence-electron chi connectivity index (χ2n) is 4.16. The van der Waals surface area contributed by atoms with Gasteiger partial charge in [0.25, 0.3) is 0 Å². The van der Waals surface area contributed by atoms with E-state index >= 15 is 0 Å². The Kier molecular flexibility index (Phi) is 2.26. The molecule has 3 heteroatoms. The summed E-state index contributed by atoms with van der Waals surface area (Å²) in [7, 11) is 0. The molecular weight excluding hydrogens is 202 g/mol. The Labute approximate surface area is 93.4 Å². The second kappa shape index (κ2) is 3.76. The summed E-state index contributed by atoms with van der Waals surface area (Å²) >= 11 is 0. The SMILES string of the molecule is O=C(c1coc2ccccc12)C1CCCN1. The lowest BCUT2D eigenvalue weighted by Crippen LogP contribution is -2.30. The summed E-state index contributed by atoms with van der Waals surface area (Å²) in [6, 6.07) is 7.63. The number of furan rings is 1. The Morgan fingerprint density at radius 3 is 3.06 bits per heavy atom. The van der Waals surface area contributed by atoms with Crippen LogP contribution in [0.4, 0.5) is 0 Å². The number of fused-ring (bicyclic) bond motifs is 1. The maximum Gasteiger partial charge on any atom is 0.183 e. The van der Waals surface area contributed by atoms with E-state index in [9.17, 15) is 4.79 Å². The molecule has 3 nitrogen and oxygen atoms in total. The van der Waals surface area contributed by atoms with Crippen LogP contribution in [0.25, 0.3) is 11.0 Å². The van der Waals surface area contributed by atoms with Crippen LogP contribution < -0.4 is 5.32 Å². The van der Waals surface area contributed by atoms with Gasteiger partial charge in [0, 0.05) is 5.39 Å². The molecule has 1 fully saturated rings. The first-order valence-corrected chi connectivity index (χ1v) is 5.60. The van der Waals surface area contributed by atoms with Gasteiger partial charge in [-0.25, -0.2) is 0 Å². The number of hydrogen-bond acceptors (Lipinski definition) is 3. The zero-order valence-electron chi connectivity index (χ0n) is 8.90. The van der Waals surface area contributed by atoms with Crippen molar-refractivity contribution in [1.29, 1.82) is 0 Å². The molecule has 2 heterocycles. The van der Waals surface area contributed by atoms with Crippen molar-refractivity contribution >= 4 is 16.8 Å². The van der Waals surface area contributed by atoms with Gasteiger partial charge < -0.3 is 9.73 Å². The average molecular weight is 215 g/mol. The number of benzene rings is 1. The first kappa shape index (κ1) is 9.60. The van der Waals surface area contributed by atoms with Crippen LogP contribution in [-0.4, -0.2) is 18.4 Å². The summed E-state index contributed by atoms with van der Waals surface area (Å²) in [6.07, 6.45) is 3.58. The maximum absolute atomic E-state index is 12.2. The van der Waals surface area contributed by atoms with Crippen molar-refractivity contribution in [1.82, 2.24) is 5.32 Å². The normalized spacial score (nSPS) is 20.4. The van der Waals surface area contributed by atoms with E-state index in [2.05, 4.69) is 5.32 Å². The van der Waals surface area contributed by atoms with Gasteiger partial charge in [-0.15, -0.1) is 0 Å². The van der Waals surface area contributed by atoms with Crippen LogP contribution in [0.5, 0.6) is 0 Å². The second-order valence-corrected chi connectivity index (χ2v) is 4.16. The molecule has 1 aliphatic rings. The predicted octanol–water partition coefficient (Wildman–Crippen LogP) is 2.37. The Bertz CT molecular complexity index is 523. The minimum atomic E-state index is -0.0268. The molecule has 16 heavy (non-hydrogen) atoms. The summed E-state index contributed by atoms with van der Waals surface area (Å²) in [4.78, 5) is 12.2. The summed E-state index contributed by atoms with van der Waals surface area (Å²) in [5, 5.41) is 4.14. The summed E-state index contributed by atoms with van der Waals surface area (Å²) < 4.78 is 5.38. The highest BCUT2D eigenvalue weighted by atomic mass is 16.3. The van der Waals surface area contributed by atoms with E-state index in [1.165, 1.54) is 0 Å². The predicted molar refractivity (Wildman–Crippen MR) is 61.6 cm³/mol. The van der Waals surface area contributed by atoms with Gasteiger partial charge in [0.1, 0.15) is 11.8 Å². The van der Waals surface area contributed by atoms with Gasteiger partial charge in [-0.3, -0.25) is 4.79 Å². The number of carbonyl (C=O) groups excluding carboxylic acids is 1. The minimum absolute atomic E-state index is 0.0268. The number of para-hydroxylation sites is 1. The fourth-order valence-electron chi connectivity index (χ4n) is 2.26. The first-order valence-electron chi connectivity index (χ1n) is 5.60. The number of rotatable bonds is 2. The fraction of sp³-hybridized carbons (Fsp3) is 0.308. The van der Waals surface area contributed by atoms with Crippen molar-refractivity contribution in [3.05, 3.63) is 36.1 Å². The molecule has 0 aliphatic carbocycles. The molecule has 0 amide bonds. The molecule has 82 valence electrons. The monoisotopic (exact) mass is 215 g/mol. The highest BCUT2D eigenvalue weighted by Crippen LogP contribution is 2.23. The number of hydrogen-bond donors (Lipinski definition) is 1. The van der Waals surface area contributed by atoms with Crippen molar-refractivity contribution in [2.75, 3.05) is 6.54 Å². The molecule has 1 aromatic heterocycles. The number of ketones is 1. The van der Waals surface area contributed by atoms with Gasteiger partial charge in [-0.05, 0) is 25.5 Å². The van der Waals surface area contributed by atoms with Crippen LogP contribution in [0.2, 0.25) is 0 Å². The van der Waals surface area contributed by atoms with Gasteiger partial charge >= 0.3 is 0 Å². The van der Waals surface area contributed by atoms with Gasteiger partial charge in [0.15, 0.2) is 5.78 Å². The van der Waals surface area contributed by atoms with Gasteiger partial charge in [0.2, 0.25) is 0 Å². The lowest BCUT2D eigenvalue weighted by Gasteiger charge is -2.06. The van der Waals surface area contributed by atoms with Crippen LogP contribution in [0, 0.1) is 0 Å². The van der Waals surface area contributed by atoms with E-state index in [-0.39, 0.29) is 11.8 Å². The summed E-state index contributed by atoms with van der Waals surface area (Å²) in [5.41, 5.74) is 1.49. The largest absolute Gasteiger partial charge is 0.464 e. The minimum Gasteiger partial charge on any atom is -0.464 e. The van der Waals surface area contributed by atoms with Gasteiger partial charge in [-0.2, -0.15) is 0 Å². The van der Waals surface area contributed by atoms with Crippen LogP contribution >= 0.6 is 0 Å². The quantitative estimate of drug-likeness (QED) is 0.782. The molecule has 0 saturated carbocycles. The molecule has 0 radical (unpaired) electrons. The van der Waals surface area contributed by atoms with Crippen LogP contribution in [0.15, 0.2) is 34.9 Å². The molecule has 0 spiro atoms. The van der Waals surface area contributed by atoms with Crippen molar-refractivity contribution < 1.29 is 9.21 Å². The lowest BCUT2D eigenvalue weighted by molar-refractivity contribution is 0.0953. The summed E-state index contributed by atoms with van der Waals surface area (Å²) in [6.45, 7) is 0.937. The standard InChI is InChI=1S/C13H13NO2/c15-13(11-5-3-7-14-11)10-8-16-12-6-2-1-4-9(10)12/h1-2,4,6,8,11,14H,3,5,7H2. The topological polar surface area (TPSA) is 42.2 Å². The maximum atomic E-state index is 12.2. The number of carbonyl (C=O) groups is 1. The van der Waals surface area contributed by atoms with Crippen molar-refractivity contribution in [2.24, 2.45) is 0 Å². The Morgan fingerprint density at radius 1 is 1.38 bits per heavy atom.